The third-order valence-corrected chi connectivity index (χ3v) is 2.37. The minimum Gasteiger partial charge on any atom is -0.480 e. The molecule has 1 aromatic heterocycles. The maximum atomic E-state index is 11.7. The molecule has 0 aromatic carbocycles. The minimum atomic E-state index is -1.54. The van der Waals surface area contributed by atoms with Crippen molar-refractivity contribution in [3.05, 3.63) is 33.1 Å². The average Bonchev–Trinajstić information content (AvgIpc) is 2.35. The SMILES string of the molecule is O=C(NC(CO)C(=O)O)c1cc([N+](=O)[O-])cnc1Cl. The Labute approximate surface area is 111 Å². The monoisotopic (exact) mass is 289 g/mol. The molecule has 0 saturated carbocycles. The van der Waals surface area contributed by atoms with Crippen LogP contribution in [0, 0.1) is 10.1 Å². The number of nitrogens with zero attached hydrogens (tertiary/aromatic N) is 2. The molecule has 102 valence electrons. The lowest BCUT2D eigenvalue weighted by atomic mass is 10.2. The normalized spacial score (nSPS) is 11.7. The number of carbonyl (C=O) groups is 2. The number of carboxylic acids is 1. The maximum absolute atomic E-state index is 11.7. The number of aliphatic hydroxyl groups is 1. The number of aromatic nitrogens is 1. The van der Waals surface area contributed by atoms with Crippen LogP contribution in [-0.4, -0.2) is 44.6 Å². The molecular formula is C9H8ClN3O6. The van der Waals surface area contributed by atoms with E-state index in [-0.39, 0.29) is 10.7 Å². The van der Waals surface area contributed by atoms with Gasteiger partial charge in [-0.05, 0) is 0 Å². The van der Waals surface area contributed by atoms with E-state index in [2.05, 4.69) is 4.98 Å². The second-order valence-electron chi connectivity index (χ2n) is 3.34. The van der Waals surface area contributed by atoms with Gasteiger partial charge in [-0.2, -0.15) is 0 Å². The van der Waals surface area contributed by atoms with Crippen LogP contribution >= 0.6 is 11.6 Å². The van der Waals surface area contributed by atoms with Crippen molar-refractivity contribution in [3.63, 3.8) is 0 Å². The van der Waals surface area contributed by atoms with E-state index in [1.807, 2.05) is 5.32 Å². The molecule has 0 spiro atoms. The van der Waals surface area contributed by atoms with Gasteiger partial charge in [0.05, 0.1) is 17.1 Å². The van der Waals surface area contributed by atoms with Crippen molar-refractivity contribution in [2.75, 3.05) is 6.61 Å². The number of amides is 1. The third-order valence-electron chi connectivity index (χ3n) is 2.07. The van der Waals surface area contributed by atoms with Gasteiger partial charge in [-0.15, -0.1) is 0 Å². The Morgan fingerprint density at radius 2 is 2.21 bits per heavy atom. The van der Waals surface area contributed by atoms with E-state index < -0.39 is 35.1 Å². The third kappa shape index (κ3) is 3.60. The molecule has 0 radical (unpaired) electrons. The van der Waals surface area contributed by atoms with Crippen LogP contribution < -0.4 is 5.32 Å². The number of pyridine rings is 1. The second-order valence-corrected chi connectivity index (χ2v) is 3.69. The topological polar surface area (TPSA) is 143 Å². The number of carboxylic acid groups (broad SMARTS) is 1. The number of rotatable bonds is 5. The summed E-state index contributed by atoms with van der Waals surface area (Å²) in [5, 5.41) is 29.6. The first-order valence-electron chi connectivity index (χ1n) is 4.81. The van der Waals surface area contributed by atoms with E-state index in [0.29, 0.717) is 0 Å². The molecule has 1 heterocycles. The van der Waals surface area contributed by atoms with Gasteiger partial charge >= 0.3 is 5.97 Å². The van der Waals surface area contributed by atoms with Crippen molar-refractivity contribution in [1.29, 1.82) is 0 Å². The van der Waals surface area contributed by atoms with Gasteiger partial charge < -0.3 is 15.5 Å². The predicted molar refractivity (Wildman–Crippen MR) is 61.9 cm³/mol. The quantitative estimate of drug-likeness (QED) is 0.387. The molecule has 9 nitrogen and oxygen atoms in total. The summed E-state index contributed by atoms with van der Waals surface area (Å²) in [6.45, 7) is -0.832. The second kappa shape index (κ2) is 6.07. The molecule has 1 rings (SSSR count). The summed E-state index contributed by atoms with van der Waals surface area (Å²) in [6.07, 6.45) is 0.861. The van der Waals surface area contributed by atoms with Crippen LogP contribution in [0.3, 0.4) is 0 Å². The van der Waals surface area contributed by atoms with E-state index in [1.165, 1.54) is 0 Å². The largest absolute Gasteiger partial charge is 0.480 e. The van der Waals surface area contributed by atoms with Gasteiger partial charge in [0.15, 0.2) is 6.04 Å². The zero-order valence-corrected chi connectivity index (χ0v) is 9.99. The fourth-order valence-corrected chi connectivity index (χ4v) is 1.31. The van der Waals surface area contributed by atoms with Crippen LogP contribution in [-0.2, 0) is 4.79 Å². The zero-order chi connectivity index (χ0) is 14.6. The first-order chi connectivity index (χ1) is 8.86. The Morgan fingerprint density at radius 1 is 1.58 bits per heavy atom. The molecule has 0 bridgehead atoms. The van der Waals surface area contributed by atoms with Crippen molar-refractivity contribution >= 4 is 29.2 Å². The molecule has 0 aliphatic heterocycles. The number of hydrogen-bond donors (Lipinski definition) is 3. The first-order valence-corrected chi connectivity index (χ1v) is 5.19. The fraction of sp³-hybridized carbons (Fsp3) is 0.222. The van der Waals surface area contributed by atoms with Crippen molar-refractivity contribution in [2.45, 2.75) is 6.04 Å². The molecule has 0 aliphatic rings. The summed E-state index contributed by atoms with van der Waals surface area (Å²) in [6, 6.07) is -0.677. The van der Waals surface area contributed by atoms with E-state index in [1.54, 1.807) is 0 Å². The van der Waals surface area contributed by atoms with Crippen LogP contribution in [0.25, 0.3) is 0 Å². The molecule has 1 amide bonds. The van der Waals surface area contributed by atoms with Crippen LogP contribution in [0.15, 0.2) is 12.3 Å². The Hall–Kier alpha value is -2.26. The number of nitro groups is 1. The summed E-state index contributed by atoms with van der Waals surface area (Å²) >= 11 is 5.60. The van der Waals surface area contributed by atoms with Crippen molar-refractivity contribution in [3.8, 4) is 0 Å². The molecule has 10 heteroatoms. The lowest BCUT2D eigenvalue weighted by molar-refractivity contribution is -0.385. The highest BCUT2D eigenvalue weighted by molar-refractivity contribution is 6.32. The summed E-state index contributed by atoms with van der Waals surface area (Å²) < 4.78 is 0. The standard InChI is InChI=1S/C9H8ClN3O6/c10-7-5(1-4(2-11-7)13(18)19)8(15)12-6(3-14)9(16)17/h1-2,6,14H,3H2,(H,12,15)(H,16,17). The molecule has 0 aliphatic carbocycles. The van der Waals surface area contributed by atoms with E-state index >= 15 is 0 Å². The van der Waals surface area contributed by atoms with Gasteiger partial charge in [-0.25, -0.2) is 9.78 Å². The lowest BCUT2D eigenvalue weighted by Gasteiger charge is -2.11. The molecule has 1 aromatic rings. The number of nitrogens with one attached hydrogen (secondary N) is 1. The van der Waals surface area contributed by atoms with Gasteiger partial charge in [-0.1, -0.05) is 11.6 Å². The van der Waals surface area contributed by atoms with Crippen LogP contribution in [0.2, 0.25) is 5.15 Å². The fourth-order valence-electron chi connectivity index (χ4n) is 1.12. The van der Waals surface area contributed by atoms with Gasteiger partial charge in [-0.3, -0.25) is 14.9 Å². The Morgan fingerprint density at radius 3 is 2.68 bits per heavy atom. The highest BCUT2D eigenvalue weighted by atomic mass is 35.5. The average molecular weight is 290 g/mol. The van der Waals surface area contributed by atoms with E-state index in [4.69, 9.17) is 21.8 Å². The van der Waals surface area contributed by atoms with Gasteiger partial charge in [0.1, 0.15) is 11.3 Å². The molecule has 0 saturated heterocycles. The van der Waals surface area contributed by atoms with Crippen molar-refractivity contribution in [1.82, 2.24) is 10.3 Å². The Bertz CT molecular complexity index is 535. The predicted octanol–water partition coefficient (Wildman–Crippen LogP) is -0.182. The molecule has 19 heavy (non-hydrogen) atoms. The number of aliphatic hydroxyl groups excluding tert-OH is 1. The van der Waals surface area contributed by atoms with E-state index in [9.17, 15) is 19.7 Å². The van der Waals surface area contributed by atoms with Crippen molar-refractivity contribution < 1.29 is 24.7 Å². The smallest absolute Gasteiger partial charge is 0.328 e. The molecule has 1 unspecified atom stereocenters. The Kier molecular flexibility index (Phi) is 4.73. The van der Waals surface area contributed by atoms with Crippen molar-refractivity contribution in [2.24, 2.45) is 0 Å². The summed E-state index contributed by atoms with van der Waals surface area (Å²) in [4.78, 5) is 35.5. The molecule has 1 atom stereocenters. The minimum absolute atomic E-state index is 0.315. The Balaban J connectivity index is 3.02. The highest BCUT2D eigenvalue weighted by Crippen LogP contribution is 2.19. The summed E-state index contributed by atoms with van der Waals surface area (Å²) in [5.74, 6) is -2.44. The molecule has 0 fully saturated rings. The first kappa shape index (κ1) is 14.8. The number of aliphatic carboxylic acids is 1. The zero-order valence-electron chi connectivity index (χ0n) is 9.24. The van der Waals surface area contributed by atoms with Gasteiger partial charge in [0.2, 0.25) is 0 Å². The molecular weight excluding hydrogens is 282 g/mol. The van der Waals surface area contributed by atoms with Crippen LogP contribution in [0.4, 0.5) is 5.69 Å². The van der Waals surface area contributed by atoms with E-state index in [0.717, 1.165) is 12.3 Å². The van der Waals surface area contributed by atoms with Crippen LogP contribution in [0.1, 0.15) is 10.4 Å². The maximum Gasteiger partial charge on any atom is 0.328 e. The number of halogens is 1. The van der Waals surface area contributed by atoms with Crippen LogP contribution in [0.5, 0.6) is 0 Å². The number of hydrogen-bond acceptors (Lipinski definition) is 6. The lowest BCUT2D eigenvalue weighted by Crippen LogP contribution is -2.43. The molecule has 3 N–H and O–H groups in total. The number of carbonyl (C=O) groups excluding carboxylic acids is 1. The van der Waals surface area contributed by atoms with Gasteiger partial charge in [0.25, 0.3) is 11.6 Å². The summed E-state index contributed by atoms with van der Waals surface area (Å²) in [5.41, 5.74) is -0.819. The summed E-state index contributed by atoms with van der Waals surface area (Å²) in [7, 11) is 0. The highest BCUT2D eigenvalue weighted by Gasteiger charge is 2.23. The van der Waals surface area contributed by atoms with Gasteiger partial charge in [0, 0.05) is 6.07 Å².